The average Bonchev–Trinajstić information content (AvgIpc) is 3.24. The van der Waals surface area contributed by atoms with Crippen molar-refractivity contribution in [2.24, 2.45) is 0 Å². The van der Waals surface area contributed by atoms with Crippen LogP contribution in [0.4, 0.5) is 22.9 Å². The Bertz CT molecular complexity index is 1430. The average molecular weight is 478 g/mol. The van der Waals surface area contributed by atoms with Gasteiger partial charge >= 0.3 is 5.69 Å². The molecule has 0 amide bonds. The standard InChI is InChI=1S/C17H12ClN7O6S/c1-30-17-16(19-6-7-20-17)24-32(28,29)10-4-2-9(3-5-10)21-12-8-11(18)13-14(23-31-22-13)15(12)25(26)27/h2-8,21H,1H3,(H,19,24). The Balaban J connectivity index is 1.62. The molecule has 2 heterocycles. The lowest BCUT2D eigenvalue weighted by molar-refractivity contribution is -0.382. The molecule has 0 aliphatic heterocycles. The SMILES string of the molecule is COc1nccnc1NS(=O)(=O)c1ccc(Nc2cc(Cl)c3nonc3c2[N+](=O)[O-])cc1. The lowest BCUT2D eigenvalue weighted by Gasteiger charge is -2.11. The summed E-state index contributed by atoms with van der Waals surface area (Å²) in [5.41, 5.74) is -0.0711. The van der Waals surface area contributed by atoms with Crippen LogP contribution in [0.5, 0.6) is 5.88 Å². The zero-order valence-electron chi connectivity index (χ0n) is 16.0. The molecule has 0 fully saturated rings. The van der Waals surface area contributed by atoms with Crippen LogP contribution in [0.25, 0.3) is 11.0 Å². The van der Waals surface area contributed by atoms with Crippen molar-refractivity contribution in [3.8, 4) is 5.88 Å². The molecule has 0 bridgehead atoms. The maximum atomic E-state index is 12.7. The summed E-state index contributed by atoms with van der Waals surface area (Å²) >= 11 is 6.10. The Morgan fingerprint density at radius 3 is 2.50 bits per heavy atom. The number of nitro benzene ring substituents is 1. The molecule has 164 valence electrons. The minimum absolute atomic E-state index is 0.0105. The fourth-order valence-electron chi connectivity index (χ4n) is 2.78. The van der Waals surface area contributed by atoms with Crippen molar-refractivity contribution in [3.05, 3.63) is 57.9 Å². The summed E-state index contributed by atoms with van der Waals surface area (Å²) in [6.45, 7) is 0. The Labute approximate surface area is 184 Å². The molecule has 4 rings (SSSR count). The predicted molar refractivity (Wildman–Crippen MR) is 113 cm³/mol. The van der Waals surface area contributed by atoms with Gasteiger partial charge in [-0.15, -0.1) is 0 Å². The molecule has 4 aromatic rings. The highest BCUT2D eigenvalue weighted by Crippen LogP contribution is 2.38. The number of sulfonamides is 1. The number of nitro groups is 1. The van der Waals surface area contributed by atoms with Gasteiger partial charge in [-0.3, -0.25) is 14.8 Å². The van der Waals surface area contributed by atoms with Crippen LogP contribution < -0.4 is 14.8 Å². The van der Waals surface area contributed by atoms with Gasteiger partial charge in [-0.05, 0) is 40.6 Å². The van der Waals surface area contributed by atoms with E-state index < -0.39 is 20.6 Å². The highest BCUT2D eigenvalue weighted by Gasteiger charge is 2.25. The number of ether oxygens (including phenoxy) is 1. The van der Waals surface area contributed by atoms with Crippen molar-refractivity contribution in [2.45, 2.75) is 4.90 Å². The summed E-state index contributed by atoms with van der Waals surface area (Å²) in [5.74, 6) is -0.0618. The van der Waals surface area contributed by atoms with E-state index in [1.807, 2.05) is 0 Å². The molecular weight excluding hydrogens is 466 g/mol. The number of methoxy groups -OCH3 is 1. The molecule has 0 saturated carbocycles. The lowest BCUT2D eigenvalue weighted by Crippen LogP contribution is -2.15. The predicted octanol–water partition coefficient (Wildman–Crippen LogP) is 3.13. The second-order valence-electron chi connectivity index (χ2n) is 6.14. The van der Waals surface area contributed by atoms with E-state index in [0.29, 0.717) is 5.69 Å². The normalized spacial score (nSPS) is 11.3. The number of benzene rings is 2. The highest BCUT2D eigenvalue weighted by molar-refractivity contribution is 7.92. The van der Waals surface area contributed by atoms with E-state index in [4.69, 9.17) is 16.3 Å². The summed E-state index contributed by atoms with van der Waals surface area (Å²) < 4.78 is 37.1. The number of aromatic nitrogens is 4. The number of anilines is 3. The van der Waals surface area contributed by atoms with Crippen molar-refractivity contribution in [1.29, 1.82) is 0 Å². The van der Waals surface area contributed by atoms with Gasteiger partial charge in [-0.25, -0.2) is 23.0 Å². The second-order valence-corrected chi connectivity index (χ2v) is 8.23. The summed E-state index contributed by atoms with van der Waals surface area (Å²) in [5, 5.41) is 21.6. The van der Waals surface area contributed by atoms with Gasteiger partial charge in [-0.2, -0.15) is 0 Å². The Morgan fingerprint density at radius 1 is 1.12 bits per heavy atom. The van der Waals surface area contributed by atoms with E-state index >= 15 is 0 Å². The van der Waals surface area contributed by atoms with Gasteiger partial charge in [0.25, 0.3) is 15.9 Å². The van der Waals surface area contributed by atoms with Crippen LogP contribution in [0, 0.1) is 10.1 Å². The van der Waals surface area contributed by atoms with Gasteiger partial charge in [0, 0.05) is 18.1 Å². The van der Waals surface area contributed by atoms with E-state index in [1.165, 1.54) is 49.8 Å². The molecule has 0 atom stereocenters. The third-order valence-electron chi connectivity index (χ3n) is 4.18. The van der Waals surface area contributed by atoms with E-state index in [2.05, 4.69) is 34.9 Å². The van der Waals surface area contributed by atoms with Gasteiger partial charge in [0.05, 0.1) is 22.0 Å². The molecule has 32 heavy (non-hydrogen) atoms. The maximum absolute atomic E-state index is 12.7. The summed E-state index contributed by atoms with van der Waals surface area (Å²) in [6, 6.07) is 6.75. The zero-order chi connectivity index (χ0) is 22.9. The first-order chi connectivity index (χ1) is 15.3. The van der Waals surface area contributed by atoms with Crippen LogP contribution >= 0.6 is 11.6 Å². The molecule has 2 N–H and O–H groups in total. The van der Waals surface area contributed by atoms with Gasteiger partial charge in [0.15, 0.2) is 5.52 Å². The molecule has 2 aromatic carbocycles. The van der Waals surface area contributed by atoms with E-state index in [-0.39, 0.29) is 38.3 Å². The molecular formula is C17H12ClN7O6S. The fraction of sp³-hybridized carbons (Fsp3) is 0.0588. The molecule has 0 unspecified atom stereocenters. The van der Waals surface area contributed by atoms with E-state index in [0.717, 1.165) is 0 Å². The van der Waals surface area contributed by atoms with Gasteiger partial charge in [0.1, 0.15) is 5.69 Å². The molecule has 2 aromatic heterocycles. The molecule has 15 heteroatoms. The van der Waals surface area contributed by atoms with Crippen molar-refractivity contribution >= 4 is 55.5 Å². The van der Waals surface area contributed by atoms with Crippen LogP contribution in [0.15, 0.2) is 52.3 Å². The monoisotopic (exact) mass is 477 g/mol. The number of hydrogen-bond acceptors (Lipinski definition) is 11. The number of hydrogen-bond donors (Lipinski definition) is 2. The van der Waals surface area contributed by atoms with Crippen molar-refractivity contribution in [2.75, 3.05) is 17.1 Å². The van der Waals surface area contributed by atoms with Gasteiger partial charge in [-0.1, -0.05) is 11.6 Å². The third kappa shape index (κ3) is 3.95. The minimum Gasteiger partial charge on any atom is -0.478 e. The van der Waals surface area contributed by atoms with Crippen LogP contribution in [-0.4, -0.2) is 40.7 Å². The largest absolute Gasteiger partial charge is 0.478 e. The van der Waals surface area contributed by atoms with E-state index in [1.54, 1.807) is 0 Å². The number of nitrogens with zero attached hydrogens (tertiary/aromatic N) is 5. The first kappa shape index (κ1) is 21.2. The smallest absolute Gasteiger partial charge is 0.324 e. The van der Waals surface area contributed by atoms with Crippen LogP contribution in [-0.2, 0) is 10.0 Å². The minimum atomic E-state index is -4.01. The summed E-state index contributed by atoms with van der Waals surface area (Å²) in [6.07, 6.45) is 2.67. The Hall–Kier alpha value is -4.04. The highest BCUT2D eigenvalue weighted by atomic mass is 35.5. The van der Waals surface area contributed by atoms with E-state index in [9.17, 15) is 18.5 Å². The fourth-order valence-corrected chi connectivity index (χ4v) is 4.02. The number of nitrogens with one attached hydrogen (secondary N) is 2. The topological polar surface area (TPSA) is 175 Å². The molecule has 0 aliphatic carbocycles. The lowest BCUT2D eigenvalue weighted by atomic mass is 10.2. The van der Waals surface area contributed by atoms with Crippen molar-refractivity contribution in [3.63, 3.8) is 0 Å². The molecule has 13 nitrogen and oxygen atoms in total. The van der Waals surface area contributed by atoms with Gasteiger partial charge in [0.2, 0.25) is 11.3 Å². The second kappa shape index (κ2) is 8.24. The Kier molecular flexibility index (Phi) is 5.46. The van der Waals surface area contributed by atoms with Crippen molar-refractivity contribution in [1.82, 2.24) is 20.3 Å². The van der Waals surface area contributed by atoms with Crippen LogP contribution in [0.3, 0.4) is 0 Å². The third-order valence-corrected chi connectivity index (χ3v) is 5.82. The first-order valence-corrected chi connectivity index (χ1v) is 10.5. The first-order valence-electron chi connectivity index (χ1n) is 8.64. The molecule has 0 aliphatic rings. The quantitative estimate of drug-likeness (QED) is 0.295. The van der Waals surface area contributed by atoms with Crippen LogP contribution in [0.2, 0.25) is 5.02 Å². The molecule has 0 saturated heterocycles. The zero-order valence-corrected chi connectivity index (χ0v) is 17.6. The van der Waals surface area contributed by atoms with Crippen molar-refractivity contribution < 1.29 is 22.7 Å². The summed E-state index contributed by atoms with van der Waals surface area (Å²) in [4.78, 5) is 18.6. The summed E-state index contributed by atoms with van der Waals surface area (Å²) in [7, 11) is -2.67. The number of halogens is 1. The number of fused-ring (bicyclic) bond motifs is 1. The van der Waals surface area contributed by atoms with Crippen LogP contribution in [0.1, 0.15) is 0 Å². The Morgan fingerprint density at radius 2 is 1.81 bits per heavy atom. The molecule has 0 radical (unpaired) electrons. The molecule has 0 spiro atoms. The van der Waals surface area contributed by atoms with Gasteiger partial charge < -0.3 is 10.1 Å². The number of rotatable bonds is 7. The maximum Gasteiger partial charge on any atom is 0.324 e.